The average Bonchev–Trinajstić information content (AvgIpc) is 2.45. The Morgan fingerprint density at radius 3 is 2.71 bits per heavy atom. The van der Waals surface area contributed by atoms with Crippen molar-refractivity contribution < 1.29 is 13.2 Å². The first-order valence-corrected chi connectivity index (χ1v) is 5.96. The Morgan fingerprint density at radius 2 is 2.05 bits per heavy atom. The summed E-state index contributed by atoms with van der Waals surface area (Å²) in [6.07, 6.45) is -3.55. The smallest absolute Gasteiger partial charge is 0.396 e. The summed E-state index contributed by atoms with van der Waals surface area (Å²) < 4.78 is 37.8. The number of rotatable bonds is 3. The van der Waals surface area contributed by atoms with Crippen molar-refractivity contribution in [3.63, 3.8) is 0 Å². The van der Waals surface area contributed by atoms with E-state index in [1.807, 2.05) is 6.07 Å². The maximum Gasteiger partial charge on any atom is 0.433 e. The minimum Gasteiger partial charge on any atom is -0.396 e. The molecule has 0 atom stereocenters. The van der Waals surface area contributed by atoms with Crippen molar-refractivity contribution >= 4 is 11.4 Å². The first-order chi connectivity index (χ1) is 9.90. The van der Waals surface area contributed by atoms with Crippen LogP contribution in [0.3, 0.4) is 0 Å². The number of benzene rings is 1. The van der Waals surface area contributed by atoms with Gasteiger partial charge in [-0.2, -0.15) is 18.4 Å². The van der Waals surface area contributed by atoms with E-state index in [1.165, 1.54) is 0 Å². The molecule has 1 aromatic heterocycles. The summed E-state index contributed by atoms with van der Waals surface area (Å²) in [7, 11) is 0. The van der Waals surface area contributed by atoms with Gasteiger partial charge in [0.15, 0.2) is 0 Å². The Morgan fingerprint density at radius 1 is 1.29 bits per heavy atom. The second-order valence-electron chi connectivity index (χ2n) is 4.32. The van der Waals surface area contributed by atoms with E-state index < -0.39 is 11.9 Å². The topological polar surface area (TPSA) is 74.7 Å². The van der Waals surface area contributed by atoms with Crippen LogP contribution in [0.5, 0.6) is 0 Å². The molecular formula is C14H11F3N4. The summed E-state index contributed by atoms with van der Waals surface area (Å²) in [5.74, 6) is 0. The zero-order valence-corrected chi connectivity index (χ0v) is 10.8. The molecule has 7 heteroatoms. The van der Waals surface area contributed by atoms with Crippen LogP contribution in [-0.4, -0.2) is 4.98 Å². The van der Waals surface area contributed by atoms with Crippen LogP contribution < -0.4 is 11.1 Å². The van der Waals surface area contributed by atoms with E-state index in [4.69, 9.17) is 11.0 Å². The van der Waals surface area contributed by atoms with Crippen molar-refractivity contribution in [1.82, 2.24) is 4.98 Å². The van der Waals surface area contributed by atoms with Gasteiger partial charge >= 0.3 is 6.18 Å². The minimum absolute atomic E-state index is 0.124. The Hall–Kier alpha value is -2.75. The molecule has 4 nitrogen and oxygen atoms in total. The second-order valence-corrected chi connectivity index (χ2v) is 4.32. The fourth-order valence-electron chi connectivity index (χ4n) is 1.72. The number of nitriles is 1. The quantitative estimate of drug-likeness (QED) is 0.911. The molecule has 2 aromatic rings. The van der Waals surface area contributed by atoms with E-state index >= 15 is 0 Å². The van der Waals surface area contributed by atoms with E-state index in [0.717, 1.165) is 17.8 Å². The second kappa shape index (κ2) is 5.71. The highest BCUT2D eigenvalue weighted by molar-refractivity contribution is 5.65. The lowest BCUT2D eigenvalue weighted by Gasteiger charge is -2.12. The van der Waals surface area contributed by atoms with Crippen LogP contribution in [0.25, 0.3) is 0 Å². The largest absolute Gasteiger partial charge is 0.433 e. The van der Waals surface area contributed by atoms with Gasteiger partial charge < -0.3 is 11.1 Å². The number of hydrogen-bond acceptors (Lipinski definition) is 4. The predicted octanol–water partition coefficient (Wildman–Crippen LogP) is 3.17. The van der Waals surface area contributed by atoms with Crippen molar-refractivity contribution in [1.29, 1.82) is 5.26 Å². The lowest BCUT2D eigenvalue weighted by Crippen LogP contribution is -2.10. The van der Waals surface area contributed by atoms with Crippen LogP contribution in [0.4, 0.5) is 24.5 Å². The fourth-order valence-corrected chi connectivity index (χ4v) is 1.72. The number of nitrogen functional groups attached to an aromatic ring is 1. The fraction of sp³-hybridized carbons (Fsp3) is 0.143. The molecule has 0 saturated heterocycles. The number of pyridine rings is 1. The van der Waals surface area contributed by atoms with Crippen LogP contribution in [0.1, 0.15) is 16.8 Å². The Labute approximate surface area is 119 Å². The molecule has 108 valence electrons. The monoisotopic (exact) mass is 292 g/mol. The summed E-state index contributed by atoms with van der Waals surface area (Å²) in [5.41, 5.74) is 6.12. The van der Waals surface area contributed by atoms with Crippen LogP contribution >= 0.6 is 0 Å². The number of nitrogens with two attached hydrogens (primary N) is 1. The third-order valence-corrected chi connectivity index (χ3v) is 2.76. The number of anilines is 2. The Bertz CT molecular complexity index is 689. The molecule has 0 spiro atoms. The number of aromatic nitrogens is 1. The molecule has 0 bridgehead atoms. The van der Waals surface area contributed by atoms with Gasteiger partial charge in [-0.1, -0.05) is 12.1 Å². The third-order valence-electron chi connectivity index (χ3n) is 2.76. The van der Waals surface area contributed by atoms with E-state index in [1.54, 1.807) is 24.3 Å². The molecular weight excluding hydrogens is 281 g/mol. The van der Waals surface area contributed by atoms with Crippen LogP contribution in [0.15, 0.2) is 36.5 Å². The molecule has 0 aliphatic heterocycles. The maximum atomic E-state index is 12.6. The van der Waals surface area contributed by atoms with Gasteiger partial charge in [-0.3, -0.25) is 0 Å². The van der Waals surface area contributed by atoms with Gasteiger partial charge in [0.1, 0.15) is 5.69 Å². The van der Waals surface area contributed by atoms with E-state index in [0.29, 0.717) is 5.56 Å². The lowest BCUT2D eigenvalue weighted by atomic mass is 10.1. The van der Waals surface area contributed by atoms with E-state index in [9.17, 15) is 13.2 Å². The number of halogens is 3. The Balaban J connectivity index is 2.18. The molecule has 2 rings (SSSR count). The van der Waals surface area contributed by atoms with Gasteiger partial charge in [0.25, 0.3) is 0 Å². The van der Waals surface area contributed by atoms with Crippen molar-refractivity contribution in [2.75, 3.05) is 11.1 Å². The molecule has 0 aliphatic rings. The first kappa shape index (κ1) is 14.7. The van der Waals surface area contributed by atoms with Gasteiger partial charge in [-0.25, -0.2) is 4.98 Å². The molecule has 0 aliphatic carbocycles. The van der Waals surface area contributed by atoms with Crippen LogP contribution in [0.2, 0.25) is 0 Å². The molecule has 0 unspecified atom stereocenters. The molecule has 1 heterocycles. The molecule has 1 aromatic carbocycles. The van der Waals surface area contributed by atoms with Crippen molar-refractivity contribution in [3.05, 3.63) is 53.3 Å². The van der Waals surface area contributed by atoms with Crippen molar-refractivity contribution in [3.8, 4) is 6.07 Å². The summed E-state index contributed by atoms with van der Waals surface area (Å²) in [4.78, 5) is 3.26. The number of alkyl halides is 3. The molecule has 0 saturated carbocycles. The third kappa shape index (κ3) is 3.63. The van der Waals surface area contributed by atoms with Gasteiger partial charge in [0.2, 0.25) is 0 Å². The van der Waals surface area contributed by atoms with E-state index in [2.05, 4.69) is 10.3 Å². The highest BCUT2D eigenvalue weighted by atomic mass is 19.4. The molecule has 0 fully saturated rings. The van der Waals surface area contributed by atoms with E-state index in [-0.39, 0.29) is 17.9 Å². The van der Waals surface area contributed by atoms with Gasteiger partial charge in [0.05, 0.1) is 29.2 Å². The lowest BCUT2D eigenvalue weighted by molar-refractivity contribution is -0.141. The summed E-state index contributed by atoms with van der Waals surface area (Å²) in [5, 5.41) is 11.6. The highest BCUT2D eigenvalue weighted by Crippen LogP contribution is 2.31. The average molecular weight is 292 g/mol. The number of hydrogen-bond donors (Lipinski definition) is 2. The zero-order chi connectivity index (χ0) is 15.5. The standard InChI is InChI=1S/C14H11F3N4/c15-14(16,17)13-5-12(11(19)8-21-13)20-7-10-3-1-2-9(4-10)6-18/h1-5,8H,7,19H2,(H,20,21). The summed E-state index contributed by atoms with van der Waals surface area (Å²) >= 11 is 0. The Kier molecular flexibility index (Phi) is 3.98. The SMILES string of the molecule is N#Cc1cccc(CNc2cc(C(F)(F)F)ncc2N)c1. The van der Waals surface area contributed by atoms with Gasteiger partial charge in [-0.05, 0) is 23.8 Å². The van der Waals surface area contributed by atoms with Crippen molar-refractivity contribution in [2.24, 2.45) is 0 Å². The highest BCUT2D eigenvalue weighted by Gasteiger charge is 2.32. The molecule has 0 amide bonds. The number of nitrogens with zero attached hydrogens (tertiary/aromatic N) is 2. The van der Waals surface area contributed by atoms with Crippen LogP contribution in [-0.2, 0) is 12.7 Å². The van der Waals surface area contributed by atoms with Gasteiger partial charge in [-0.15, -0.1) is 0 Å². The molecule has 3 N–H and O–H groups in total. The zero-order valence-electron chi connectivity index (χ0n) is 10.8. The minimum atomic E-state index is -4.52. The van der Waals surface area contributed by atoms with Crippen LogP contribution in [0, 0.1) is 11.3 Å². The number of nitrogens with one attached hydrogen (secondary N) is 1. The predicted molar refractivity (Wildman–Crippen MR) is 72.1 cm³/mol. The van der Waals surface area contributed by atoms with Gasteiger partial charge in [0, 0.05) is 6.54 Å². The summed E-state index contributed by atoms with van der Waals surface area (Å²) in [6, 6.07) is 9.61. The summed E-state index contributed by atoms with van der Waals surface area (Å²) in [6.45, 7) is 0.251. The first-order valence-electron chi connectivity index (χ1n) is 5.96. The normalized spacial score (nSPS) is 11.0. The van der Waals surface area contributed by atoms with Crippen molar-refractivity contribution in [2.45, 2.75) is 12.7 Å². The molecule has 21 heavy (non-hydrogen) atoms. The molecule has 0 radical (unpaired) electrons. The maximum absolute atomic E-state index is 12.6.